The number of likely N-dealkylation sites (tertiary alicyclic amines) is 1. The lowest BCUT2D eigenvalue weighted by Gasteiger charge is -2.41. The van der Waals surface area contributed by atoms with Crippen molar-refractivity contribution in [2.75, 3.05) is 40.8 Å². The quantitative estimate of drug-likeness (QED) is 0.580. The average molecular weight is 360 g/mol. The predicted molar refractivity (Wildman–Crippen MR) is 112 cm³/mol. The van der Waals surface area contributed by atoms with Crippen LogP contribution in [0, 0.1) is 0 Å². The molecule has 5 nitrogen and oxygen atoms in total. The molecule has 1 fully saturated rings. The maximum absolute atomic E-state index is 4.38. The Balaban J connectivity index is 1.80. The highest BCUT2D eigenvalue weighted by Gasteiger charge is 2.27. The van der Waals surface area contributed by atoms with Gasteiger partial charge in [0.15, 0.2) is 5.96 Å². The molecule has 1 saturated heterocycles. The number of hydrogen-bond donors (Lipinski definition) is 2. The lowest BCUT2D eigenvalue weighted by Crippen LogP contribution is -2.54. The van der Waals surface area contributed by atoms with Crippen LogP contribution in [0.25, 0.3) is 0 Å². The largest absolute Gasteiger partial charge is 0.355 e. The molecule has 5 heteroatoms. The summed E-state index contributed by atoms with van der Waals surface area (Å²) in [7, 11) is 6.02. The zero-order valence-corrected chi connectivity index (χ0v) is 17.3. The molecule has 0 saturated carbocycles. The smallest absolute Gasteiger partial charge is 0.191 e. The van der Waals surface area contributed by atoms with Crippen LogP contribution in [0.1, 0.15) is 44.2 Å². The number of piperidine rings is 1. The van der Waals surface area contributed by atoms with E-state index in [1.54, 1.807) is 0 Å². The minimum Gasteiger partial charge on any atom is -0.355 e. The van der Waals surface area contributed by atoms with Crippen LogP contribution < -0.4 is 10.6 Å². The highest BCUT2D eigenvalue weighted by Crippen LogP contribution is 2.19. The Morgan fingerprint density at radius 2 is 1.65 bits per heavy atom. The van der Waals surface area contributed by atoms with Crippen LogP contribution >= 0.6 is 0 Å². The molecule has 146 valence electrons. The first-order valence-electron chi connectivity index (χ1n) is 9.83. The Kier molecular flexibility index (Phi) is 7.91. The first kappa shape index (κ1) is 20.7. The van der Waals surface area contributed by atoms with Crippen molar-refractivity contribution in [2.24, 2.45) is 4.99 Å². The van der Waals surface area contributed by atoms with Gasteiger partial charge in [-0.05, 0) is 65.0 Å². The minimum absolute atomic E-state index is 0.145. The van der Waals surface area contributed by atoms with Crippen molar-refractivity contribution < 1.29 is 0 Å². The van der Waals surface area contributed by atoms with Gasteiger partial charge in [-0.15, -0.1) is 0 Å². The van der Waals surface area contributed by atoms with Gasteiger partial charge in [0.1, 0.15) is 0 Å². The molecule has 1 aromatic carbocycles. The van der Waals surface area contributed by atoms with Gasteiger partial charge in [-0.3, -0.25) is 9.89 Å². The molecule has 1 aromatic rings. The molecule has 2 N–H and O–H groups in total. The van der Waals surface area contributed by atoms with Crippen LogP contribution in [-0.4, -0.2) is 62.1 Å². The molecule has 0 aromatic heterocycles. The molecule has 0 radical (unpaired) electrons. The SMILES string of the molecule is CN=C(NCc1ccc(CN(C)C)cc1)NCC(C)(C)N1CCCCC1. The van der Waals surface area contributed by atoms with Crippen LogP contribution in [-0.2, 0) is 13.1 Å². The molecule has 0 amide bonds. The van der Waals surface area contributed by atoms with E-state index >= 15 is 0 Å². The molecule has 26 heavy (non-hydrogen) atoms. The molecular formula is C21H37N5. The first-order chi connectivity index (χ1) is 12.4. The van der Waals surface area contributed by atoms with Gasteiger partial charge in [0.25, 0.3) is 0 Å². The summed E-state index contributed by atoms with van der Waals surface area (Å²) in [6.07, 6.45) is 4.01. The van der Waals surface area contributed by atoms with Gasteiger partial charge < -0.3 is 15.5 Å². The highest BCUT2D eigenvalue weighted by molar-refractivity contribution is 5.79. The van der Waals surface area contributed by atoms with Gasteiger partial charge in [0.2, 0.25) is 0 Å². The van der Waals surface area contributed by atoms with Gasteiger partial charge in [0.05, 0.1) is 0 Å². The maximum Gasteiger partial charge on any atom is 0.191 e. The zero-order chi connectivity index (χ0) is 19.0. The topological polar surface area (TPSA) is 42.9 Å². The zero-order valence-electron chi connectivity index (χ0n) is 17.3. The summed E-state index contributed by atoms with van der Waals surface area (Å²) in [5.74, 6) is 0.868. The summed E-state index contributed by atoms with van der Waals surface area (Å²) in [6, 6.07) is 8.78. The third kappa shape index (κ3) is 6.61. The average Bonchev–Trinajstić information content (AvgIpc) is 2.63. The summed E-state index contributed by atoms with van der Waals surface area (Å²) < 4.78 is 0. The molecule has 2 rings (SSSR count). The van der Waals surface area contributed by atoms with Gasteiger partial charge in [0, 0.05) is 32.2 Å². The number of guanidine groups is 1. The summed E-state index contributed by atoms with van der Waals surface area (Å²) >= 11 is 0. The number of aliphatic imine (C=N–C) groups is 1. The Hall–Kier alpha value is -1.59. The monoisotopic (exact) mass is 359 g/mol. The van der Waals surface area contributed by atoms with E-state index < -0.39 is 0 Å². The first-order valence-corrected chi connectivity index (χ1v) is 9.83. The van der Waals surface area contributed by atoms with E-state index in [9.17, 15) is 0 Å². The van der Waals surface area contributed by atoms with Gasteiger partial charge >= 0.3 is 0 Å². The molecule has 0 unspecified atom stereocenters. The molecule has 0 atom stereocenters. The van der Waals surface area contributed by atoms with E-state index in [1.165, 1.54) is 43.5 Å². The molecule has 0 bridgehead atoms. The second-order valence-electron chi connectivity index (χ2n) is 8.19. The Labute approximate surface area is 159 Å². The number of benzene rings is 1. The summed E-state index contributed by atoms with van der Waals surface area (Å²) in [6.45, 7) is 9.72. The van der Waals surface area contributed by atoms with Crippen LogP contribution in [0.3, 0.4) is 0 Å². The summed E-state index contributed by atoms with van der Waals surface area (Å²) in [5, 5.41) is 6.94. The Morgan fingerprint density at radius 1 is 1.04 bits per heavy atom. The van der Waals surface area contributed by atoms with E-state index in [-0.39, 0.29) is 5.54 Å². The number of hydrogen-bond acceptors (Lipinski definition) is 3. The second-order valence-corrected chi connectivity index (χ2v) is 8.19. The van der Waals surface area contributed by atoms with Gasteiger partial charge in [-0.25, -0.2) is 0 Å². The molecule has 1 aliphatic rings. The van der Waals surface area contributed by atoms with Crippen molar-refractivity contribution in [3.05, 3.63) is 35.4 Å². The van der Waals surface area contributed by atoms with Gasteiger partial charge in [-0.2, -0.15) is 0 Å². The fourth-order valence-electron chi connectivity index (χ4n) is 3.45. The van der Waals surface area contributed by atoms with E-state index in [0.29, 0.717) is 0 Å². The second kappa shape index (κ2) is 9.93. The van der Waals surface area contributed by atoms with E-state index in [2.05, 4.69) is 77.6 Å². The van der Waals surface area contributed by atoms with Gasteiger partial charge in [-0.1, -0.05) is 30.7 Å². The van der Waals surface area contributed by atoms with Crippen LogP contribution in [0.15, 0.2) is 29.3 Å². The standard InChI is InChI=1S/C21H37N5/c1-21(2,26-13-7-6-8-14-26)17-24-20(22-3)23-15-18-9-11-19(12-10-18)16-25(4)5/h9-12H,6-8,13-17H2,1-5H3,(H2,22,23,24). The molecule has 1 aliphatic heterocycles. The van der Waals surface area contributed by atoms with Crippen molar-refractivity contribution in [3.63, 3.8) is 0 Å². The lowest BCUT2D eigenvalue weighted by atomic mass is 9.98. The fraction of sp³-hybridized carbons (Fsp3) is 0.667. The van der Waals surface area contributed by atoms with Crippen LogP contribution in [0.2, 0.25) is 0 Å². The van der Waals surface area contributed by atoms with Crippen molar-refractivity contribution in [3.8, 4) is 0 Å². The Bertz CT molecular complexity index is 556. The third-order valence-corrected chi connectivity index (χ3v) is 5.11. The molecule has 1 heterocycles. The van der Waals surface area contributed by atoms with Crippen molar-refractivity contribution in [1.82, 2.24) is 20.4 Å². The minimum atomic E-state index is 0.145. The highest BCUT2D eigenvalue weighted by atomic mass is 15.2. The van der Waals surface area contributed by atoms with Crippen molar-refractivity contribution >= 4 is 5.96 Å². The van der Waals surface area contributed by atoms with E-state index in [4.69, 9.17) is 0 Å². The van der Waals surface area contributed by atoms with Crippen LogP contribution in [0.5, 0.6) is 0 Å². The van der Waals surface area contributed by atoms with Crippen LogP contribution in [0.4, 0.5) is 0 Å². The third-order valence-electron chi connectivity index (χ3n) is 5.11. The Morgan fingerprint density at radius 3 is 2.23 bits per heavy atom. The summed E-state index contributed by atoms with van der Waals surface area (Å²) in [4.78, 5) is 9.16. The normalized spacial score (nSPS) is 16.8. The number of rotatable bonds is 7. The molecule has 0 aliphatic carbocycles. The van der Waals surface area contributed by atoms with Crippen molar-refractivity contribution in [1.29, 1.82) is 0 Å². The van der Waals surface area contributed by atoms with E-state index in [1.807, 2.05) is 7.05 Å². The number of nitrogens with zero attached hydrogens (tertiary/aromatic N) is 3. The maximum atomic E-state index is 4.38. The molecular weight excluding hydrogens is 322 g/mol. The number of nitrogens with one attached hydrogen (secondary N) is 2. The van der Waals surface area contributed by atoms with E-state index in [0.717, 1.165) is 25.6 Å². The predicted octanol–water partition coefficient (Wildman–Crippen LogP) is 2.68. The van der Waals surface area contributed by atoms with Crippen molar-refractivity contribution in [2.45, 2.75) is 51.7 Å². The lowest BCUT2D eigenvalue weighted by molar-refractivity contribution is 0.0982. The fourth-order valence-corrected chi connectivity index (χ4v) is 3.45. The molecule has 0 spiro atoms. The summed E-state index contributed by atoms with van der Waals surface area (Å²) in [5.41, 5.74) is 2.75.